The summed E-state index contributed by atoms with van der Waals surface area (Å²) in [4.78, 5) is 15.5. The van der Waals surface area contributed by atoms with Gasteiger partial charge in [0, 0.05) is 49.4 Å². The van der Waals surface area contributed by atoms with Crippen molar-refractivity contribution in [1.29, 1.82) is 26.3 Å². The molecular formula is C80H44N10. The third-order valence-electron chi connectivity index (χ3n) is 16.8. The van der Waals surface area contributed by atoms with E-state index < -0.39 is 0 Å². The molecule has 0 aliphatic heterocycles. The van der Waals surface area contributed by atoms with Crippen molar-refractivity contribution in [2.45, 2.75) is 0 Å². The molecule has 10 nitrogen and oxygen atoms in total. The van der Waals surface area contributed by atoms with E-state index in [1.807, 2.05) is 176 Å². The van der Waals surface area contributed by atoms with Gasteiger partial charge in [0.15, 0.2) is 17.5 Å². The molecule has 0 N–H and O–H groups in total. The summed E-state index contributed by atoms with van der Waals surface area (Å²) < 4.78 is 4.59. The van der Waals surface area contributed by atoms with Crippen LogP contribution in [0, 0.1) is 56.7 Å². The molecule has 15 rings (SSSR count). The molecule has 0 saturated carbocycles. The predicted octanol–water partition coefficient (Wildman–Crippen LogP) is 18.8. The van der Waals surface area contributed by atoms with Gasteiger partial charge in [0.1, 0.15) is 0 Å². The molecule has 0 saturated heterocycles. The third kappa shape index (κ3) is 9.50. The minimum atomic E-state index is 0.455. The molecule has 3 aromatic heterocycles. The van der Waals surface area contributed by atoms with Gasteiger partial charge in [-0.25, -0.2) is 15.0 Å². The third-order valence-corrected chi connectivity index (χ3v) is 16.8. The Labute approximate surface area is 517 Å². The highest BCUT2D eigenvalue weighted by atomic mass is 15.0. The molecule has 0 unspecified atom stereocenters. The highest BCUT2D eigenvalue weighted by molar-refractivity contribution is 6.14. The van der Waals surface area contributed by atoms with Gasteiger partial charge >= 0.3 is 0 Å². The van der Waals surface area contributed by atoms with Crippen LogP contribution in [0.3, 0.4) is 0 Å². The normalized spacial score (nSPS) is 11.1. The standard InChI is InChI=1S/C80H44N10/c81-45-50-11-20-55(21-12-50)61-28-34-73-67(40-61)68-41-62(56-22-13-51(46-82)14-23-56)29-35-74(68)89(73)72-33-19-54(49-85)39-66(72)71-44-65(80-87-78(59-7-3-1-4-8-59)86-79(88-80)60-9-5-2-6-10-60)32-38-77(71)90-75-36-30-63(57-24-15-52(47-83)16-25-57)42-69(75)70-43-64(31-37-76(70)90)58-26-17-53(48-84)18-27-58/h1-44H. The quantitative estimate of drug-likeness (QED) is 0.130. The summed E-state index contributed by atoms with van der Waals surface area (Å²) in [6, 6.07) is 100.0. The first kappa shape index (κ1) is 53.4. The summed E-state index contributed by atoms with van der Waals surface area (Å²) in [6.45, 7) is 0. The smallest absolute Gasteiger partial charge is 0.164 e. The maximum absolute atomic E-state index is 11.0. The van der Waals surface area contributed by atoms with Crippen molar-refractivity contribution in [3.63, 3.8) is 0 Å². The van der Waals surface area contributed by atoms with Gasteiger partial charge in [0.25, 0.3) is 0 Å². The molecule has 90 heavy (non-hydrogen) atoms. The van der Waals surface area contributed by atoms with Gasteiger partial charge < -0.3 is 9.13 Å². The van der Waals surface area contributed by atoms with E-state index >= 15 is 0 Å². The van der Waals surface area contributed by atoms with Crippen molar-refractivity contribution in [1.82, 2.24) is 24.1 Å². The van der Waals surface area contributed by atoms with E-state index in [0.29, 0.717) is 50.9 Å². The number of hydrogen-bond acceptors (Lipinski definition) is 8. The molecule has 0 spiro atoms. The molecule has 0 aliphatic rings. The average Bonchev–Trinajstić information content (AvgIpc) is 1.66. The molecule has 414 valence electrons. The number of nitrogens with zero attached hydrogens (tertiary/aromatic N) is 10. The van der Waals surface area contributed by atoms with Crippen molar-refractivity contribution < 1.29 is 0 Å². The second-order valence-corrected chi connectivity index (χ2v) is 22.0. The van der Waals surface area contributed by atoms with Crippen molar-refractivity contribution in [3.05, 3.63) is 295 Å². The molecule has 0 aliphatic carbocycles. The number of fused-ring (bicyclic) bond motifs is 6. The van der Waals surface area contributed by atoms with Crippen LogP contribution in [-0.2, 0) is 0 Å². The molecule has 3 heterocycles. The van der Waals surface area contributed by atoms with Gasteiger partial charge in [-0.15, -0.1) is 0 Å². The molecule has 15 aromatic rings. The highest BCUT2D eigenvalue weighted by Crippen LogP contribution is 2.45. The maximum atomic E-state index is 11.0. The molecule has 0 bridgehead atoms. The SMILES string of the molecule is N#Cc1ccc(-c2ccc3c(c2)c2cc(-c4ccc(C#N)cc4)ccc2n3-c2ccc(C#N)cc2-c2cc(-c3nc(-c4ccccc4)nc(-c4ccccc4)n3)ccc2-n2c3ccc(-c4ccc(C#N)cc4)cc3c3cc(-c4ccc(C#N)cc4)ccc32)cc1. The van der Waals surface area contributed by atoms with E-state index in [4.69, 9.17) is 15.0 Å². The summed E-state index contributed by atoms with van der Waals surface area (Å²) in [5.41, 5.74) is 19.7. The van der Waals surface area contributed by atoms with Crippen LogP contribution in [0.25, 0.3) is 145 Å². The number of rotatable bonds is 10. The first-order valence-electron chi connectivity index (χ1n) is 29.1. The van der Waals surface area contributed by atoms with Crippen LogP contribution >= 0.6 is 0 Å². The second kappa shape index (κ2) is 22.3. The van der Waals surface area contributed by atoms with Gasteiger partial charge in [-0.2, -0.15) is 26.3 Å². The van der Waals surface area contributed by atoms with Crippen molar-refractivity contribution in [2.24, 2.45) is 0 Å². The zero-order valence-electron chi connectivity index (χ0n) is 47.9. The van der Waals surface area contributed by atoms with Crippen LogP contribution in [0.2, 0.25) is 0 Å². The Hall–Kier alpha value is -13.3. The van der Waals surface area contributed by atoms with E-state index in [1.54, 1.807) is 0 Å². The van der Waals surface area contributed by atoms with Crippen LogP contribution in [0.15, 0.2) is 267 Å². The van der Waals surface area contributed by atoms with Crippen LogP contribution in [0.5, 0.6) is 0 Å². The number of nitriles is 5. The summed E-state index contributed by atoms with van der Waals surface area (Å²) >= 11 is 0. The van der Waals surface area contributed by atoms with Crippen molar-refractivity contribution in [2.75, 3.05) is 0 Å². The minimum Gasteiger partial charge on any atom is -0.309 e. The van der Waals surface area contributed by atoms with Gasteiger partial charge in [0.2, 0.25) is 0 Å². The number of benzene rings is 12. The first-order valence-corrected chi connectivity index (χ1v) is 29.1. The van der Waals surface area contributed by atoms with Crippen LogP contribution in [0.1, 0.15) is 27.8 Å². The van der Waals surface area contributed by atoms with Crippen molar-refractivity contribution in [3.8, 4) is 132 Å². The summed E-state index contributed by atoms with van der Waals surface area (Å²) in [6.07, 6.45) is 0. The zero-order valence-corrected chi connectivity index (χ0v) is 47.9. The van der Waals surface area contributed by atoms with E-state index in [1.165, 1.54) is 0 Å². The van der Waals surface area contributed by atoms with Gasteiger partial charge in [-0.1, -0.05) is 133 Å². The second-order valence-electron chi connectivity index (χ2n) is 22.0. The van der Waals surface area contributed by atoms with Crippen LogP contribution in [-0.4, -0.2) is 24.1 Å². The number of aromatic nitrogens is 5. The molecule has 0 fully saturated rings. The van der Waals surface area contributed by atoms with Gasteiger partial charge in [0.05, 0.1) is 91.6 Å². The maximum Gasteiger partial charge on any atom is 0.164 e. The highest BCUT2D eigenvalue weighted by Gasteiger charge is 2.25. The molecule has 0 radical (unpaired) electrons. The first-order chi connectivity index (χ1) is 44.3. The largest absolute Gasteiger partial charge is 0.309 e. The van der Waals surface area contributed by atoms with Crippen LogP contribution < -0.4 is 0 Å². The lowest BCUT2D eigenvalue weighted by atomic mass is 9.96. The fraction of sp³-hybridized carbons (Fsp3) is 0. The molecule has 12 aromatic carbocycles. The Morgan fingerprint density at radius 3 is 0.811 bits per heavy atom. The zero-order chi connectivity index (χ0) is 60.8. The van der Waals surface area contributed by atoms with Gasteiger partial charge in [-0.05, 0) is 178 Å². The lowest BCUT2D eigenvalue weighted by molar-refractivity contribution is 1.07. The molecular weight excluding hydrogens is 1100 g/mol. The average molecular weight is 1150 g/mol. The molecule has 0 amide bonds. The summed E-state index contributed by atoms with van der Waals surface area (Å²) in [5, 5.41) is 53.8. The molecule has 10 heteroatoms. The lowest BCUT2D eigenvalue weighted by Gasteiger charge is -2.20. The minimum absolute atomic E-state index is 0.455. The summed E-state index contributed by atoms with van der Waals surface area (Å²) in [5.74, 6) is 1.49. The Morgan fingerprint density at radius 1 is 0.222 bits per heavy atom. The monoisotopic (exact) mass is 1140 g/mol. The van der Waals surface area contributed by atoms with E-state index in [0.717, 1.165) is 122 Å². The number of hydrogen-bond donors (Lipinski definition) is 0. The molecule has 0 atom stereocenters. The van der Waals surface area contributed by atoms with Crippen molar-refractivity contribution >= 4 is 43.6 Å². The lowest BCUT2D eigenvalue weighted by Crippen LogP contribution is -2.04. The van der Waals surface area contributed by atoms with E-state index in [9.17, 15) is 26.3 Å². The Kier molecular flexibility index (Phi) is 13.2. The van der Waals surface area contributed by atoms with E-state index in [2.05, 4.69) is 130 Å². The fourth-order valence-electron chi connectivity index (χ4n) is 12.3. The Balaban J connectivity index is 1.03. The van der Waals surface area contributed by atoms with E-state index in [-0.39, 0.29) is 0 Å². The summed E-state index contributed by atoms with van der Waals surface area (Å²) in [7, 11) is 0. The predicted molar refractivity (Wildman–Crippen MR) is 356 cm³/mol. The Morgan fingerprint density at radius 2 is 0.489 bits per heavy atom. The van der Waals surface area contributed by atoms with Gasteiger partial charge in [-0.3, -0.25) is 0 Å². The van der Waals surface area contributed by atoms with Crippen LogP contribution in [0.4, 0.5) is 0 Å². The fourth-order valence-corrected chi connectivity index (χ4v) is 12.3. The topological polar surface area (TPSA) is 167 Å². The Bertz CT molecular complexity index is 5330.